The fraction of sp³-hybridized carbons (Fsp3) is 0.125. The molecule has 0 fully saturated rings. The lowest BCUT2D eigenvalue weighted by Crippen LogP contribution is -2.01. The largest absolute Gasteiger partial charge is 0.497 e. The highest BCUT2D eigenvalue weighted by Crippen LogP contribution is 2.26. The average Bonchev–Trinajstić information content (AvgIpc) is 2.16. The minimum Gasteiger partial charge on any atom is -0.497 e. The molecule has 0 radical (unpaired) electrons. The topological polar surface area (TPSA) is 60.4 Å². The Morgan fingerprint density at radius 2 is 2.07 bits per heavy atom. The molecular weight excluding hydrogens is 247 g/mol. The molecule has 82 valence electrons. The van der Waals surface area contributed by atoms with E-state index in [2.05, 4.69) is 0 Å². The number of carbonyl (C=O) groups is 1. The van der Waals surface area contributed by atoms with Crippen LogP contribution in [0.3, 0.4) is 0 Å². The van der Waals surface area contributed by atoms with Crippen molar-refractivity contribution in [2.24, 2.45) is 0 Å². The highest BCUT2D eigenvalue weighted by Gasteiger charge is 2.20. The van der Waals surface area contributed by atoms with Gasteiger partial charge in [0.05, 0.1) is 12.7 Å². The van der Waals surface area contributed by atoms with E-state index in [9.17, 15) is 17.6 Å². The van der Waals surface area contributed by atoms with Crippen LogP contribution in [0.5, 0.6) is 5.75 Å². The van der Waals surface area contributed by atoms with E-state index in [0.29, 0.717) is 0 Å². The Morgan fingerprint density at radius 1 is 1.47 bits per heavy atom. The van der Waals surface area contributed by atoms with Crippen LogP contribution >= 0.6 is 10.7 Å². The first-order valence-corrected chi connectivity index (χ1v) is 5.98. The van der Waals surface area contributed by atoms with Crippen LogP contribution in [0, 0.1) is 5.82 Å². The van der Waals surface area contributed by atoms with Gasteiger partial charge in [0.15, 0.2) is 12.1 Å². The molecule has 0 bridgehead atoms. The van der Waals surface area contributed by atoms with Crippen molar-refractivity contribution >= 4 is 26.0 Å². The van der Waals surface area contributed by atoms with Gasteiger partial charge in [0.25, 0.3) is 9.05 Å². The molecule has 0 spiro atoms. The summed E-state index contributed by atoms with van der Waals surface area (Å²) < 4.78 is 39.9. The fourth-order valence-electron chi connectivity index (χ4n) is 0.974. The molecule has 0 heterocycles. The molecule has 0 saturated carbocycles. The van der Waals surface area contributed by atoms with Crippen LogP contribution in [0.25, 0.3) is 0 Å². The molecule has 0 unspecified atom stereocenters. The zero-order chi connectivity index (χ0) is 11.6. The van der Waals surface area contributed by atoms with E-state index < -0.39 is 25.3 Å². The Bertz CT molecular complexity index is 498. The Balaban J connectivity index is 3.58. The molecule has 0 atom stereocenters. The van der Waals surface area contributed by atoms with Gasteiger partial charge in [-0.2, -0.15) is 0 Å². The summed E-state index contributed by atoms with van der Waals surface area (Å²) in [7, 11) is 2.00. The van der Waals surface area contributed by atoms with E-state index >= 15 is 0 Å². The number of hydrogen-bond acceptors (Lipinski definition) is 4. The van der Waals surface area contributed by atoms with E-state index in [1.807, 2.05) is 0 Å². The second kappa shape index (κ2) is 4.16. The Kier molecular flexibility index (Phi) is 3.31. The van der Waals surface area contributed by atoms with E-state index in [1.165, 1.54) is 7.11 Å². The molecule has 0 N–H and O–H groups in total. The summed E-state index contributed by atoms with van der Waals surface area (Å²) in [5, 5.41) is 0. The van der Waals surface area contributed by atoms with Crippen LogP contribution in [0.1, 0.15) is 10.4 Å². The number of halogens is 2. The van der Waals surface area contributed by atoms with E-state index in [1.54, 1.807) is 0 Å². The Morgan fingerprint density at radius 3 is 2.47 bits per heavy atom. The molecule has 4 nitrogen and oxygen atoms in total. The van der Waals surface area contributed by atoms with Crippen LogP contribution in [-0.4, -0.2) is 21.8 Å². The van der Waals surface area contributed by atoms with Crippen molar-refractivity contribution in [1.29, 1.82) is 0 Å². The monoisotopic (exact) mass is 252 g/mol. The van der Waals surface area contributed by atoms with Crippen molar-refractivity contribution in [3.05, 3.63) is 23.5 Å². The highest BCUT2D eigenvalue weighted by molar-refractivity contribution is 8.13. The molecule has 1 aromatic carbocycles. The molecule has 0 saturated heterocycles. The number of ether oxygens (including phenoxy) is 1. The Hall–Kier alpha value is -1.14. The number of aldehydes is 1. The van der Waals surface area contributed by atoms with Gasteiger partial charge in [-0.05, 0) is 6.07 Å². The summed E-state index contributed by atoms with van der Waals surface area (Å²) >= 11 is 0. The maximum absolute atomic E-state index is 13.3. The van der Waals surface area contributed by atoms with Gasteiger partial charge in [-0.25, -0.2) is 12.8 Å². The average molecular weight is 253 g/mol. The lowest BCUT2D eigenvalue weighted by Gasteiger charge is -2.05. The third-order valence-electron chi connectivity index (χ3n) is 1.67. The van der Waals surface area contributed by atoms with E-state index in [-0.39, 0.29) is 12.0 Å². The summed E-state index contributed by atoms with van der Waals surface area (Å²) in [6, 6.07) is 1.98. The van der Waals surface area contributed by atoms with E-state index in [0.717, 1.165) is 12.1 Å². The first kappa shape index (κ1) is 11.9. The molecule has 0 aliphatic heterocycles. The van der Waals surface area contributed by atoms with Crippen molar-refractivity contribution in [3.8, 4) is 5.75 Å². The smallest absolute Gasteiger partial charge is 0.264 e. The molecule has 1 rings (SSSR count). The van der Waals surface area contributed by atoms with Crippen molar-refractivity contribution in [2.45, 2.75) is 4.90 Å². The number of rotatable bonds is 3. The molecule has 0 amide bonds. The second-order valence-electron chi connectivity index (χ2n) is 2.58. The zero-order valence-electron chi connectivity index (χ0n) is 7.53. The van der Waals surface area contributed by atoms with Gasteiger partial charge in [0.2, 0.25) is 0 Å². The van der Waals surface area contributed by atoms with Crippen LogP contribution in [0.15, 0.2) is 17.0 Å². The lowest BCUT2D eigenvalue weighted by molar-refractivity contribution is 0.111. The standard InChI is InChI=1S/C8H6ClFO4S/c1-14-6-2-5(4-11)8(10)7(3-6)15(9,12)13/h2-4H,1H3. The molecule has 0 aliphatic rings. The van der Waals surface area contributed by atoms with Gasteiger partial charge in [0, 0.05) is 16.7 Å². The molecular formula is C8H6ClFO4S. The maximum atomic E-state index is 13.3. The van der Waals surface area contributed by atoms with Gasteiger partial charge < -0.3 is 4.74 Å². The maximum Gasteiger partial charge on any atom is 0.264 e. The van der Waals surface area contributed by atoms with Crippen molar-refractivity contribution in [3.63, 3.8) is 0 Å². The summed E-state index contributed by atoms with van der Waals surface area (Å²) in [5.74, 6) is -1.14. The predicted octanol–water partition coefficient (Wildman–Crippen LogP) is 1.57. The minimum atomic E-state index is -4.24. The number of hydrogen-bond donors (Lipinski definition) is 0. The van der Waals surface area contributed by atoms with Crippen LogP contribution in [0.2, 0.25) is 0 Å². The third-order valence-corrected chi connectivity index (χ3v) is 2.99. The first-order chi connectivity index (χ1) is 6.90. The molecule has 0 aromatic heterocycles. The second-order valence-corrected chi connectivity index (χ2v) is 5.12. The molecule has 7 heteroatoms. The summed E-state index contributed by atoms with van der Waals surface area (Å²) in [4.78, 5) is 9.67. The Labute approximate surface area is 90.0 Å². The van der Waals surface area contributed by atoms with Crippen LogP contribution < -0.4 is 4.74 Å². The fourth-order valence-corrected chi connectivity index (χ4v) is 1.90. The number of carbonyl (C=O) groups excluding carboxylic acids is 1. The van der Waals surface area contributed by atoms with Crippen molar-refractivity contribution < 1.29 is 22.3 Å². The van der Waals surface area contributed by atoms with Crippen LogP contribution in [0.4, 0.5) is 4.39 Å². The predicted molar refractivity (Wildman–Crippen MR) is 51.4 cm³/mol. The van der Waals surface area contributed by atoms with Crippen molar-refractivity contribution in [1.82, 2.24) is 0 Å². The van der Waals surface area contributed by atoms with Gasteiger partial charge in [0.1, 0.15) is 10.6 Å². The van der Waals surface area contributed by atoms with Gasteiger partial charge in [-0.15, -0.1) is 0 Å². The molecule has 1 aromatic rings. The lowest BCUT2D eigenvalue weighted by atomic mass is 10.2. The van der Waals surface area contributed by atoms with Gasteiger partial charge >= 0.3 is 0 Å². The normalized spacial score (nSPS) is 11.1. The number of methoxy groups -OCH3 is 1. The van der Waals surface area contributed by atoms with Gasteiger partial charge in [-0.1, -0.05) is 0 Å². The highest BCUT2D eigenvalue weighted by atomic mass is 35.7. The summed E-state index contributed by atoms with van der Waals surface area (Å²) in [5.41, 5.74) is -0.423. The SMILES string of the molecule is COc1cc(C=O)c(F)c(S(=O)(=O)Cl)c1. The van der Waals surface area contributed by atoms with E-state index in [4.69, 9.17) is 15.4 Å². The molecule has 0 aliphatic carbocycles. The van der Waals surface area contributed by atoms with Crippen LogP contribution in [-0.2, 0) is 9.05 Å². The van der Waals surface area contributed by atoms with Gasteiger partial charge in [-0.3, -0.25) is 4.79 Å². The quantitative estimate of drug-likeness (QED) is 0.605. The number of benzene rings is 1. The van der Waals surface area contributed by atoms with Crippen molar-refractivity contribution in [2.75, 3.05) is 7.11 Å². The summed E-state index contributed by atoms with van der Waals surface area (Å²) in [6.45, 7) is 0. The zero-order valence-corrected chi connectivity index (χ0v) is 9.10. The molecule has 15 heavy (non-hydrogen) atoms. The summed E-state index contributed by atoms with van der Waals surface area (Å²) in [6.07, 6.45) is 0.184. The minimum absolute atomic E-state index is 0.0396. The first-order valence-electron chi connectivity index (χ1n) is 3.67. The third kappa shape index (κ3) is 2.45.